The highest BCUT2D eigenvalue weighted by molar-refractivity contribution is 6.36. The van der Waals surface area contributed by atoms with Gasteiger partial charge in [0.1, 0.15) is 0 Å². The van der Waals surface area contributed by atoms with Crippen molar-refractivity contribution in [2.45, 2.75) is 38.1 Å². The van der Waals surface area contributed by atoms with Gasteiger partial charge in [-0.15, -0.1) is 0 Å². The average molecular weight is 398 g/mol. The van der Waals surface area contributed by atoms with Crippen LogP contribution in [-0.2, 0) is 4.79 Å². The van der Waals surface area contributed by atoms with Crippen molar-refractivity contribution < 1.29 is 9.59 Å². The monoisotopic (exact) mass is 397 g/mol. The summed E-state index contributed by atoms with van der Waals surface area (Å²) in [7, 11) is 0. The predicted molar refractivity (Wildman–Crippen MR) is 103 cm³/mol. The van der Waals surface area contributed by atoms with Crippen molar-refractivity contribution in [2.24, 2.45) is 11.7 Å². The smallest absolute Gasteiger partial charge is 0.255 e. The van der Waals surface area contributed by atoms with Crippen molar-refractivity contribution in [3.05, 3.63) is 33.8 Å². The Bertz CT molecular complexity index is 700. The number of benzene rings is 1. The van der Waals surface area contributed by atoms with Crippen LogP contribution in [0.2, 0.25) is 10.0 Å². The van der Waals surface area contributed by atoms with E-state index in [2.05, 4.69) is 0 Å². The molecule has 1 saturated carbocycles. The van der Waals surface area contributed by atoms with E-state index in [1.54, 1.807) is 23.1 Å². The Hall–Kier alpha value is -1.30. The van der Waals surface area contributed by atoms with E-state index < -0.39 is 5.54 Å². The lowest BCUT2D eigenvalue weighted by atomic mass is 9.74. The number of piperazine rings is 1. The summed E-state index contributed by atoms with van der Waals surface area (Å²) in [6, 6.07) is 4.87. The highest BCUT2D eigenvalue weighted by atomic mass is 35.5. The zero-order valence-electron chi connectivity index (χ0n) is 15.0. The van der Waals surface area contributed by atoms with Crippen LogP contribution in [0.25, 0.3) is 0 Å². The van der Waals surface area contributed by atoms with Crippen LogP contribution in [0, 0.1) is 5.92 Å². The Morgan fingerprint density at radius 1 is 1.12 bits per heavy atom. The van der Waals surface area contributed by atoms with Crippen molar-refractivity contribution >= 4 is 35.0 Å². The third-order valence-corrected chi connectivity index (χ3v) is 6.14. The molecular formula is C19H25Cl2N3O2. The lowest BCUT2D eigenvalue weighted by Crippen LogP contribution is -2.57. The molecular weight excluding hydrogens is 373 g/mol. The van der Waals surface area contributed by atoms with E-state index in [1.807, 2.05) is 11.8 Å². The zero-order chi connectivity index (χ0) is 18.9. The standard InChI is InChI=1S/C19H25Cl2N3O2/c1-19(22)7-3-2-4-15(19)18(26)24-10-8-23(9-11-24)17(25)14-6-5-13(20)12-16(14)21/h5-6,12,15H,2-4,7-11,22H2,1H3. The van der Waals surface area contributed by atoms with Crippen LogP contribution in [-0.4, -0.2) is 53.3 Å². The molecule has 26 heavy (non-hydrogen) atoms. The third kappa shape index (κ3) is 4.00. The first-order valence-electron chi connectivity index (χ1n) is 9.11. The van der Waals surface area contributed by atoms with Crippen LogP contribution in [0.15, 0.2) is 18.2 Å². The second kappa shape index (κ2) is 7.75. The van der Waals surface area contributed by atoms with Crippen LogP contribution in [0.4, 0.5) is 0 Å². The molecule has 2 atom stereocenters. The number of nitrogens with two attached hydrogens (primary N) is 1. The van der Waals surface area contributed by atoms with E-state index >= 15 is 0 Å². The second-order valence-corrected chi connectivity index (χ2v) is 8.39. The molecule has 2 N–H and O–H groups in total. The van der Waals surface area contributed by atoms with Gasteiger partial charge in [0.2, 0.25) is 5.91 Å². The van der Waals surface area contributed by atoms with Gasteiger partial charge in [-0.2, -0.15) is 0 Å². The van der Waals surface area contributed by atoms with Crippen molar-refractivity contribution in [1.29, 1.82) is 0 Å². The maximum atomic E-state index is 12.9. The SMILES string of the molecule is CC1(N)CCCCC1C(=O)N1CCN(C(=O)c2ccc(Cl)cc2Cl)CC1. The molecule has 2 unspecified atom stereocenters. The van der Waals surface area contributed by atoms with Crippen molar-refractivity contribution in [1.82, 2.24) is 9.80 Å². The fourth-order valence-electron chi connectivity index (χ4n) is 3.95. The van der Waals surface area contributed by atoms with Crippen molar-refractivity contribution in [2.75, 3.05) is 26.2 Å². The Kier molecular flexibility index (Phi) is 5.80. The summed E-state index contributed by atoms with van der Waals surface area (Å²) >= 11 is 12.0. The summed E-state index contributed by atoms with van der Waals surface area (Å²) in [5.74, 6) is -0.115. The Morgan fingerprint density at radius 3 is 2.38 bits per heavy atom. The van der Waals surface area contributed by atoms with E-state index in [4.69, 9.17) is 28.9 Å². The Labute approximate surface area is 164 Å². The number of carbonyl (C=O) groups is 2. The first kappa shape index (κ1) is 19.5. The molecule has 1 saturated heterocycles. The molecule has 0 spiro atoms. The normalized spacial score (nSPS) is 26.7. The van der Waals surface area contributed by atoms with Crippen LogP contribution in [0.5, 0.6) is 0 Å². The number of nitrogens with zero attached hydrogens (tertiary/aromatic N) is 2. The number of hydrogen-bond donors (Lipinski definition) is 1. The van der Waals surface area contributed by atoms with Crippen LogP contribution in [0.3, 0.4) is 0 Å². The van der Waals surface area contributed by atoms with Gasteiger partial charge in [-0.05, 0) is 38.0 Å². The minimum atomic E-state index is -0.431. The molecule has 1 aromatic carbocycles. The Morgan fingerprint density at radius 2 is 1.77 bits per heavy atom. The summed E-state index contributed by atoms with van der Waals surface area (Å²) in [6.45, 7) is 4.04. The number of amides is 2. The molecule has 7 heteroatoms. The van der Waals surface area contributed by atoms with E-state index in [0.29, 0.717) is 41.8 Å². The topological polar surface area (TPSA) is 66.6 Å². The molecule has 142 valence electrons. The highest BCUT2D eigenvalue weighted by Crippen LogP contribution is 2.33. The molecule has 1 heterocycles. The van der Waals surface area contributed by atoms with Gasteiger partial charge in [-0.3, -0.25) is 9.59 Å². The van der Waals surface area contributed by atoms with Gasteiger partial charge >= 0.3 is 0 Å². The summed E-state index contributed by atoms with van der Waals surface area (Å²) in [4.78, 5) is 29.2. The van der Waals surface area contributed by atoms with Gasteiger partial charge in [-0.1, -0.05) is 36.0 Å². The van der Waals surface area contributed by atoms with Gasteiger partial charge < -0.3 is 15.5 Å². The molecule has 0 bridgehead atoms. The van der Waals surface area contributed by atoms with Crippen molar-refractivity contribution in [3.8, 4) is 0 Å². The quantitative estimate of drug-likeness (QED) is 0.832. The molecule has 1 aromatic rings. The summed E-state index contributed by atoms with van der Waals surface area (Å²) in [5, 5.41) is 0.849. The molecule has 0 aromatic heterocycles. The first-order chi connectivity index (χ1) is 12.3. The Balaban J connectivity index is 1.62. The van der Waals surface area contributed by atoms with Crippen LogP contribution < -0.4 is 5.73 Å². The minimum absolute atomic E-state index is 0.121. The highest BCUT2D eigenvalue weighted by Gasteiger charge is 2.40. The summed E-state index contributed by atoms with van der Waals surface area (Å²) < 4.78 is 0. The van der Waals surface area contributed by atoms with Crippen LogP contribution >= 0.6 is 23.2 Å². The number of hydrogen-bond acceptors (Lipinski definition) is 3. The van der Waals surface area contributed by atoms with E-state index in [9.17, 15) is 9.59 Å². The number of carbonyl (C=O) groups excluding carboxylic acids is 2. The predicted octanol–water partition coefficient (Wildman–Crippen LogP) is 3.19. The molecule has 1 aliphatic heterocycles. The van der Waals surface area contributed by atoms with E-state index in [-0.39, 0.29) is 17.7 Å². The number of rotatable bonds is 2. The molecule has 2 aliphatic rings. The van der Waals surface area contributed by atoms with E-state index in [0.717, 1.165) is 25.7 Å². The summed E-state index contributed by atoms with van der Waals surface area (Å²) in [6.07, 6.45) is 3.87. The maximum absolute atomic E-state index is 12.9. The lowest BCUT2D eigenvalue weighted by Gasteiger charge is -2.42. The lowest BCUT2D eigenvalue weighted by molar-refractivity contribution is -0.140. The number of halogens is 2. The van der Waals surface area contributed by atoms with E-state index in [1.165, 1.54) is 0 Å². The maximum Gasteiger partial charge on any atom is 0.255 e. The fraction of sp³-hybridized carbons (Fsp3) is 0.579. The first-order valence-corrected chi connectivity index (χ1v) is 9.87. The fourth-order valence-corrected chi connectivity index (χ4v) is 4.44. The third-order valence-electron chi connectivity index (χ3n) is 5.59. The second-order valence-electron chi connectivity index (χ2n) is 7.55. The molecule has 3 rings (SSSR count). The molecule has 5 nitrogen and oxygen atoms in total. The van der Waals surface area contributed by atoms with Gasteiger partial charge in [0.25, 0.3) is 5.91 Å². The summed E-state index contributed by atoms with van der Waals surface area (Å²) in [5.41, 5.74) is 6.38. The largest absolute Gasteiger partial charge is 0.339 e. The molecule has 2 fully saturated rings. The average Bonchev–Trinajstić information content (AvgIpc) is 2.60. The molecule has 0 radical (unpaired) electrons. The van der Waals surface area contributed by atoms with Crippen LogP contribution in [0.1, 0.15) is 43.0 Å². The van der Waals surface area contributed by atoms with Gasteiger partial charge in [0, 0.05) is 36.7 Å². The molecule has 1 aliphatic carbocycles. The molecule has 2 amide bonds. The minimum Gasteiger partial charge on any atom is -0.339 e. The van der Waals surface area contributed by atoms with Gasteiger partial charge in [0.05, 0.1) is 16.5 Å². The zero-order valence-corrected chi connectivity index (χ0v) is 16.5. The van der Waals surface area contributed by atoms with Gasteiger partial charge in [0.15, 0.2) is 0 Å². The van der Waals surface area contributed by atoms with Crippen molar-refractivity contribution in [3.63, 3.8) is 0 Å². The van der Waals surface area contributed by atoms with Gasteiger partial charge in [-0.25, -0.2) is 0 Å².